The van der Waals surface area contributed by atoms with Crippen LogP contribution in [-0.2, 0) is 45.5 Å². The molecule has 0 unspecified atom stereocenters. The van der Waals surface area contributed by atoms with Gasteiger partial charge in [0.05, 0.1) is 24.4 Å². The number of hydrogen-bond acceptors (Lipinski definition) is 7. The molecule has 1 aliphatic carbocycles. The van der Waals surface area contributed by atoms with Crippen LogP contribution < -0.4 is 0 Å². The van der Waals surface area contributed by atoms with Gasteiger partial charge in [-0.15, -0.1) is 0 Å². The van der Waals surface area contributed by atoms with Crippen molar-refractivity contribution in [3.63, 3.8) is 0 Å². The molecule has 1 aromatic carbocycles. The average Bonchev–Trinajstić information content (AvgIpc) is 2.69. The van der Waals surface area contributed by atoms with Crippen molar-refractivity contribution in [1.82, 2.24) is 0 Å². The smallest absolute Gasteiger partial charge is 0.370 e. The first-order valence-electron chi connectivity index (χ1n) is 13.4. The zero-order chi connectivity index (χ0) is 28.3. The number of benzene rings is 1. The predicted molar refractivity (Wildman–Crippen MR) is 152 cm³/mol. The van der Waals surface area contributed by atoms with E-state index in [1.807, 2.05) is 26.8 Å². The first-order chi connectivity index (χ1) is 16.9. The van der Waals surface area contributed by atoms with Crippen LogP contribution in [0.5, 0.6) is 5.75 Å². The van der Waals surface area contributed by atoms with E-state index in [4.69, 9.17) is 18.1 Å². The summed E-state index contributed by atoms with van der Waals surface area (Å²) in [6.07, 6.45) is 3.16. The molecule has 9 heteroatoms. The van der Waals surface area contributed by atoms with Crippen molar-refractivity contribution in [2.24, 2.45) is 0 Å². The molecule has 0 amide bonds. The molecule has 0 spiro atoms. The Morgan fingerprint density at radius 2 is 1.16 bits per heavy atom. The summed E-state index contributed by atoms with van der Waals surface area (Å²) in [5.74, 6) is 0.306. The molecule has 0 atom stereocenters. The SMILES string of the molecule is CC(C)OP(=O)(OC(C)C)C(=Cc1cc(C(C)(C)C)c(O)c2c1CCCC2)P(=O)(OC(C)C)OC(C)C. The third kappa shape index (κ3) is 8.27. The molecule has 0 aliphatic heterocycles. The molecule has 7 nitrogen and oxygen atoms in total. The molecule has 0 aromatic heterocycles. The minimum Gasteiger partial charge on any atom is -0.507 e. The summed E-state index contributed by atoms with van der Waals surface area (Å²) in [6, 6.07) is 1.91. The normalized spacial score (nSPS) is 15.1. The molecule has 0 fully saturated rings. The minimum atomic E-state index is -4.16. The molecule has 1 aromatic rings. The van der Waals surface area contributed by atoms with Gasteiger partial charge < -0.3 is 23.2 Å². The van der Waals surface area contributed by atoms with E-state index in [0.717, 1.165) is 47.9 Å². The van der Waals surface area contributed by atoms with Crippen LogP contribution in [0.25, 0.3) is 6.08 Å². The number of fused-ring (bicyclic) bond motifs is 1. The second-order valence-corrected chi connectivity index (χ2v) is 16.0. The number of aromatic hydroxyl groups is 1. The molecule has 0 saturated carbocycles. The van der Waals surface area contributed by atoms with Gasteiger partial charge in [-0.1, -0.05) is 20.8 Å². The van der Waals surface area contributed by atoms with Crippen molar-refractivity contribution in [3.05, 3.63) is 33.4 Å². The van der Waals surface area contributed by atoms with Gasteiger partial charge in [0.25, 0.3) is 0 Å². The van der Waals surface area contributed by atoms with E-state index in [1.54, 1.807) is 61.5 Å². The second-order valence-electron chi connectivity index (χ2n) is 11.9. The topological polar surface area (TPSA) is 91.3 Å². The predicted octanol–water partition coefficient (Wildman–Crippen LogP) is 8.95. The van der Waals surface area contributed by atoms with Crippen LogP contribution in [0.4, 0.5) is 0 Å². The number of phenols is 1. The number of phenolic OH excluding ortho intramolecular Hbond substituents is 1. The Bertz CT molecular complexity index is 997. The van der Waals surface area contributed by atoms with Crippen molar-refractivity contribution < 1.29 is 32.3 Å². The summed E-state index contributed by atoms with van der Waals surface area (Å²) in [7, 11) is -8.32. The van der Waals surface area contributed by atoms with Gasteiger partial charge >= 0.3 is 15.2 Å². The molecule has 1 aliphatic rings. The largest absolute Gasteiger partial charge is 0.507 e. The van der Waals surface area contributed by atoms with Gasteiger partial charge in [0.2, 0.25) is 0 Å². The summed E-state index contributed by atoms with van der Waals surface area (Å²) in [4.78, 5) is 0. The Balaban J connectivity index is 3.02. The van der Waals surface area contributed by atoms with E-state index in [1.165, 1.54) is 0 Å². The third-order valence-corrected chi connectivity index (χ3v) is 11.4. The van der Waals surface area contributed by atoms with Crippen LogP contribution in [0.3, 0.4) is 0 Å². The van der Waals surface area contributed by atoms with Gasteiger partial charge in [-0.05, 0) is 115 Å². The van der Waals surface area contributed by atoms with Crippen LogP contribution >= 0.6 is 15.2 Å². The lowest BCUT2D eigenvalue weighted by Gasteiger charge is -2.32. The standard InChI is InChI=1S/C28H48O7P2/c1-18(2)32-36(30,33-19(3)4)26(37(31,34-20(5)6)35-21(7)8)17-22-16-25(28(9,10)11)27(29)24-15-13-12-14-23(22)24/h16-21,29H,12-15H2,1-11H3. The first kappa shape index (κ1) is 32.3. The molecular formula is C28H48O7P2. The monoisotopic (exact) mass is 558 g/mol. The lowest BCUT2D eigenvalue weighted by atomic mass is 9.79. The molecule has 212 valence electrons. The van der Waals surface area contributed by atoms with E-state index >= 15 is 0 Å². The van der Waals surface area contributed by atoms with E-state index in [2.05, 4.69) is 0 Å². The fourth-order valence-corrected chi connectivity index (χ4v) is 9.59. The van der Waals surface area contributed by atoms with Crippen LogP contribution in [0.15, 0.2) is 11.1 Å². The molecular weight excluding hydrogens is 510 g/mol. The molecule has 0 bridgehead atoms. The summed E-state index contributed by atoms with van der Waals surface area (Å²) in [5, 5.41) is 11.1. The molecule has 0 heterocycles. The average molecular weight is 559 g/mol. The van der Waals surface area contributed by atoms with E-state index < -0.39 is 39.6 Å². The number of rotatable bonds is 11. The van der Waals surface area contributed by atoms with Crippen molar-refractivity contribution >= 4 is 21.3 Å². The highest BCUT2D eigenvalue weighted by molar-refractivity contribution is 7.79. The zero-order valence-electron chi connectivity index (χ0n) is 24.6. The summed E-state index contributed by atoms with van der Waals surface area (Å²) in [6.45, 7) is 20.2. The van der Waals surface area contributed by atoms with Gasteiger partial charge in [-0.2, -0.15) is 0 Å². The maximum atomic E-state index is 14.6. The van der Waals surface area contributed by atoms with Crippen LogP contribution in [0.1, 0.15) is 111 Å². The summed E-state index contributed by atoms with van der Waals surface area (Å²) in [5.41, 5.74) is 2.99. The Morgan fingerprint density at radius 1 is 0.784 bits per heavy atom. The van der Waals surface area contributed by atoms with Gasteiger partial charge in [-0.3, -0.25) is 9.13 Å². The van der Waals surface area contributed by atoms with Crippen molar-refractivity contribution in [1.29, 1.82) is 0 Å². The Labute approximate surface area is 224 Å². The van der Waals surface area contributed by atoms with Crippen LogP contribution in [-0.4, -0.2) is 29.5 Å². The Kier molecular flexibility index (Phi) is 10.9. The zero-order valence-corrected chi connectivity index (χ0v) is 26.4. The van der Waals surface area contributed by atoms with E-state index in [9.17, 15) is 14.2 Å². The highest BCUT2D eigenvalue weighted by atomic mass is 31.2. The van der Waals surface area contributed by atoms with Gasteiger partial charge in [0, 0.05) is 5.56 Å². The summed E-state index contributed by atoms with van der Waals surface area (Å²) >= 11 is 0. The number of hydrogen-bond donors (Lipinski definition) is 1. The lowest BCUT2D eigenvalue weighted by molar-refractivity contribution is 0.138. The molecule has 37 heavy (non-hydrogen) atoms. The third-order valence-electron chi connectivity index (χ3n) is 5.71. The minimum absolute atomic E-state index is 0.108. The van der Waals surface area contributed by atoms with Gasteiger partial charge in [0.1, 0.15) is 5.75 Å². The molecule has 1 N–H and O–H groups in total. The fourth-order valence-electron chi connectivity index (χ4n) is 4.48. The van der Waals surface area contributed by atoms with E-state index in [0.29, 0.717) is 5.75 Å². The quantitative estimate of drug-likeness (QED) is 0.271. The molecule has 0 saturated heterocycles. The van der Waals surface area contributed by atoms with Crippen molar-refractivity contribution in [2.45, 2.75) is 132 Å². The maximum Gasteiger partial charge on any atom is 0.370 e. The van der Waals surface area contributed by atoms with Gasteiger partial charge in [0.15, 0.2) is 5.06 Å². The molecule has 0 radical (unpaired) electrons. The van der Waals surface area contributed by atoms with Crippen LogP contribution in [0, 0.1) is 0 Å². The van der Waals surface area contributed by atoms with Crippen molar-refractivity contribution in [3.8, 4) is 5.75 Å². The van der Waals surface area contributed by atoms with Crippen LogP contribution in [0.2, 0.25) is 0 Å². The highest BCUT2D eigenvalue weighted by Gasteiger charge is 2.48. The summed E-state index contributed by atoms with van der Waals surface area (Å²) < 4.78 is 52.9. The second kappa shape index (κ2) is 12.5. The van der Waals surface area contributed by atoms with Crippen molar-refractivity contribution in [2.75, 3.05) is 0 Å². The van der Waals surface area contributed by atoms with E-state index in [-0.39, 0.29) is 10.5 Å². The fraction of sp³-hybridized carbons (Fsp3) is 0.714. The maximum absolute atomic E-state index is 14.6. The Morgan fingerprint density at radius 3 is 1.51 bits per heavy atom. The Hall–Kier alpha value is -0.940. The highest BCUT2D eigenvalue weighted by Crippen LogP contribution is 2.75. The lowest BCUT2D eigenvalue weighted by Crippen LogP contribution is -2.16. The molecule has 2 rings (SSSR count). The van der Waals surface area contributed by atoms with Gasteiger partial charge in [-0.25, -0.2) is 0 Å². The first-order valence-corrected chi connectivity index (χ1v) is 16.5.